The molecule has 15 heavy (non-hydrogen) atoms. The van der Waals surface area contributed by atoms with E-state index in [0.29, 0.717) is 5.92 Å². The number of hydrogen-bond acceptors (Lipinski definition) is 2. The van der Waals surface area contributed by atoms with Crippen LogP contribution in [0.15, 0.2) is 0 Å². The normalized spacial score (nSPS) is 36.3. The Kier molecular flexibility index (Phi) is 2.81. The molecule has 0 aromatic rings. The average molecular weight is 209 g/mol. The molecule has 0 aromatic carbocycles. The Hall–Kier alpha value is -0.860. The first-order valence-electron chi connectivity index (χ1n) is 5.85. The van der Waals surface area contributed by atoms with E-state index in [1.54, 1.807) is 6.92 Å². The van der Waals surface area contributed by atoms with Gasteiger partial charge in [0.25, 0.3) is 0 Å². The van der Waals surface area contributed by atoms with Gasteiger partial charge in [0.1, 0.15) is 5.78 Å². The second-order valence-electron chi connectivity index (χ2n) is 5.04. The summed E-state index contributed by atoms with van der Waals surface area (Å²) in [6.45, 7) is 2.55. The van der Waals surface area contributed by atoms with Gasteiger partial charge in [0, 0.05) is 25.4 Å². The summed E-state index contributed by atoms with van der Waals surface area (Å²) in [6.07, 6.45) is 3.97. The van der Waals surface area contributed by atoms with Crippen molar-refractivity contribution in [2.45, 2.75) is 32.6 Å². The molecule has 0 bridgehead atoms. The fourth-order valence-corrected chi connectivity index (χ4v) is 3.00. The van der Waals surface area contributed by atoms with Gasteiger partial charge in [-0.25, -0.2) is 0 Å². The first-order valence-corrected chi connectivity index (χ1v) is 5.85. The molecule has 2 fully saturated rings. The van der Waals surface area contributed by atoms with Crippen molar-refractivity contribution in [2.75, 3.05) is 13.6 Å². The van der Waals surface area contributed by atoms with Gasteiger partial charge in [-0.05, 0) is 38.5 Å². The van der Waals surface area contributed by atoms with Crippen molar-refractivity contribution in [1.29, 1.82) is 0 Å². The van der Waals surface area contributed by atoms with Crippen LogP contribution in [0.4, 0.5) is 0 Å². The van der Waals surface area contributed by atoms with Crippen LogP contribution in [-0.2, 0) is 9.59 Å². The molecule has 1 amide bonds. The first kappa shape index (κ1) is 10.7. The Bertz CT molecular complexity index is 287. The van der Waals surface area contributed by atoms with E-state index in [1.165, 1.54) is 0 Å². The minimum Gasteiger partial charge on any atom is -0.346 e. The highest BCUT2D eigenvalue weighted by Crippen LogP contribution is 2.39. The van der Waals surface area contributed by atoms with E-state index >= 15 is 0 Å². The number of likely N-dealkylation sites (tertiary alicyclic amines) is 1. The molecule has 1 saturated carbocycles. The molecule has 3 atom stereocenters. The lowest BCUT2D eigenvalue weighted by Crippen LogP contribution is -2.46. The fourth-order valence-electron chi connectivity index (χ4n) is 3.00. The van der Waals surface area contributed by atoms with Crippen LogP contribution in [0, 0.1) is 17.8 Å². The third-order valence-corrected chi connectivity index (χ3v) is 4.10. The van der Waals surface area contributed by atoms with Crippen molar-refractivity contribution >= 4 is 11.7 Å². The Morgan fingerprint density at radius 1 is 1.33 bits per heavy atom. The van der Waals surface area contributed by atoms with E-state index in [0.717, 1.165) is 32.2 Å². The number of amides is 1. The van der Waals surface area contributed by atoms with Gasteiger partial charge in [0.05, 0.1) is 0 Å². The molecule has 3 heteroatoms. The maximum absolute atomic E-state index is 11.9. The second-order valence-corrected chi connectivity index (χ2v) is 5.04. The van der Waals surface area contributed by atoms with Gasteiger partial charge in [0.2, 0.25) is 5.91 Å². The van der Waals surface area contributed by atoms with Crippen LogP contribution in [0.1, 0.15) is 32.6 Å². The maximum atomic E-state index is 11.9. The quantitative estimate of drug-likeness (QED) is 0.656. The van der Waals surface area contributed by atoms with E-state index in [-0.39, 0.29) is 23.5 Å². The van der Waals surface area contributed by atoms with Gasteiger partial charge < -0.3 is 4.90 Å². The lowest BCUT2D eigenvalue weighted by molar-refractivity contribution is -0.143. The van der Waals surface area contributed by atoms with Crippen LogP contribution in [-0.4, -0.2) is 30.2 Å². The Morgan fingerprint density at radius 2 is 2.07 bits per heavy atom. The van der Waals surface area contributed by atoms with Crippen molar-refractivity contribution in [1.82, 2.24) is 4.90 Å². The van der Waals surface area contributed by atoms with E-state index in [1.807, 2.05) is 11.9 Å². The second kappa shape index (κ2) is 3.95. The maximum Gasteiger partial charge on any atom is 0.225 e. The van der Waals surface area contributed by atoms with Gasteiger partial charge in [-0.2, -0.15) is 0 Å². The smallest absolute Gasteiger partial charge is 0.225 e. The van der Waals surface area contributed by atoms with Gasteiger partial charge in [-0.1, -0.05) is 0 Å². The predicted octanol–water partition coefficient (Wildman–Crippen LogP) is 1.47. The molecule has 2 rings (SSSR count). The summed E-state index contributed by atoms with van der Waals surface area (Å²) in [7, 11) is 1.87. The zero-order valence-corrected chi connectivity index (χ0v) is 9.53. The highest BCUT2D eigenvalue weighted by Gasteiger charge is 2.40. The lowest BCUT2D eigenvalue weighted by Gasteiger charge is -2.41. The van der Waals surface area contributed by atoms with E-state index in [9.17, 15) is 9.59 Å². The summed E-state index contributed by atoms with van der Waals surface area (Å²) in [6, 6.07) is 0. The lowest BCUT2D eigenvalue weighted by atomic mass is 9.69. The van der Waals surface area contributed by atoms with Gasteiger partial charge in [-0.3, -0.25) is 9.59 Å². The highest BCUT2D eigenvalue weighted by molar-refractivity contribution is 5.83. The van der Waals surface area contributed by atoms with Crippen molar-refractivity contribution in [2.24, 2.45) is 17.8 Å². The molecule has 0 aromatic heterocycles. The number of Topliss-reactive ketones (excluding diaryl/α,β-unsaturated/α-hetero) is 1. The van der Waals surface area contributed by atoms with Crippen molar-refractivity contribution < 1.29 is 9.59 Å². The third-order valence-electron chi connectivity index (χ3n) is 4.10. The van der Waals surface area contributed by atoms with E-state index < -0.39 is 0 Å². The molecule has 2 aliphatic rings. The monoisotopic (exact) mass is 209 g/mol. The molecule has 1 saturated heterocycles. The number of carbonyl (C=O) groups excluding carboxylic acids is 2. The predicted molar refractivity (Wildman–Crippen MR) is 57.3 cm³/mol. The summed E-state index contributed by atoms with van der Waals surface area (Å²) in [5.41, 5.74) is 0. The number of carbonyl (C=O) groups is 2. The summed E-state index contributed by atoms with van der Waals surface area (Å²) < 4.78 is 0. The number of piperidine rings is 1. The average Bonchev–Trinajstić information content (AvgIpc) is 2.23. The number of hydrogen-bond donors (Lipinski definition) is 0. The molecule has 1 aliphatic heterocycles. The minimum atomic E-state index is 0.131. The number of ketones is 1. The van der Waals surface area contributed by atoms with Crippen LogP contribution < -0.4 is 0 Å². The molecule has 0 N–H and O–H groups in total. The van der Waals surface area contributed by atoms with Crippen LogP contribution in [0.5, 0.6) is 0 Å². The summed E-state index contributed by atoms with van der Waals surface area (Å²) in [5.74, 6) is 1.34. The molecule has 1 aliphatic carbocycles. The van der Waals surface area contributed by atoms with Gasteiger partial charge in [-0.15, -0.1) is 0 Å². The summed E-state index contributed by atoms with van der Waals surface area (Å²) >= 11 is 0. The first-order chi connectivity index (χ1) is 7.09. The number of fused-ring (bicyclic) bond motifs is 1. The molecule has 1 heterocycles. The topological polar surface area (TPSA) is 37.4 Å². The highest BCUT2D eigenvalue weighted by atomic mass is 16.2. The Balaban J connectivity index is 2.08. The van der Waals surface area contributed by atoms with Crippen molar-refractivity contribution in [3.63, 3.8) is 0 Å². The van der Waals surface area contributed by atoms with Crippen molar-refractivity contribution in [3.05, 3.63) is 0 Å². The summed E-state index contributed by atoms with van der Waals surface area (Å²) in [5, 5.41) is 0. The standard InChI is InChI=1S/C12H19NO2/c1-8(14)10-4-3-9-5-6-13(2)12(15)11(9)7-10/h9-11H,3-7H2,1-2H3/t9-,10?,11-/m1/s1. The Labute approximate surface area is 90.8 Å². The van der Waals surface area contributed by atoms with Crippen molar-refractivity contribution in [3.8, 4) is 0 Å². The van der Waals surface area contributed by atoms with E-state index in [2.05, 4.69) is 0 Å². The van der Waals surface area contributed by atoms with Crippen LogP contribution in [0.25, 0.3) is 0 Å². The van der Waals surface area contributed by atoms with Crippen LogP contribution >= 0.6 is 0 Å². The molecule has 0 spiro atoms. The number of nitrogens with zero attached hydrogens (tertiary/aromatic N) is 1. The zero-order valence-electron chi connectivity index (χ0n) is 9.53. The Morgan fingerprint density at radius 3 is 2.73 bits per heavy atom. The van der Waals surface area contributed by atoms with Gasteiger partial charge >= 0.3 is 0 Å². The minimum absolute atomic E-state index is 0.131. The fraction of sp³-hybridized carbons (Fsp3) is 0.833. The van der Waals surface area contributed by atoms with Crippen LogP contribution in [0.3, 0.4) is 0 Å². The molecular formula is C12H19NO2. The van der Waals surface area contributed by atoms with Crippen LogP contribution in [0.2, 0.25) is 0 Å². The number of rotatable bonds is 1. The molecule has 84 valence electrons. The molecule has 0 radical (unpaired) electrons. The molecule has 1 unspecified atom stereocenters. The van der Waals surface area contributed by atoms with Gasteiger partial charge in [0.15, 0.2) is 0 Å². The molecule has 3 nitrogen and oxygen atoms in total. The summed E-state index contributed by atoms with van der Waals surface area (Å²) in [4.78, 5) is 25.1. The third kappa shape index (κ3) is 1.92. The zero-order chi connectivity index (χ0) is 11.0. The largest absolute Gasteiger partial charge is 0.346 e. The molecular weight excluding hydrogens is 190 g/mol. The van der Waals surface area contributed by atoms with E-state index in [4.69, 9.17) is 0 Å². The SMILES string of the molecule is CC(=O)C1CC[C@@H]2CCN(C)C(=O)[C@@H]2C1.